The zero-order valence-electron chi connectivity index (χ0n) is 9.89. The Balaban J connectivity index is 2.21. The number of nitrogens with two attached hydrogens (primary N) is 2. The van der Waals surface area contributed by atoms with Crippen molar-refractivity contribution < 1.29 is 4.79 Å². The van der Waals surface area contributed by atoms with Crippen molar-refractivity contribution in [1.29, 1.82) is 0 Å². The first-order valence-corrected chi connectivity index (χ1v) is 5.59. The van der Waals surface area contributed by atoms with Gasteiger partial charge in [-0.15, -0.1) is 0 Å². The Morgan fingerprint density at radius 3 is 2.76 bits per heavy atom. The van der Waals surface area contributed by atoms with Crippen LogP contribution in [0.1, 0.15) is 6.42 Å². The number of nitrogens with zero attached hydrogens (tertiary/aromatic N) is 3. The second-order valence-corrected chi connectivity index (χ2v) is 4.23. The molecule has 1 amide bonds. The predicted octanol–water partition coefficient (Wildman–Crippen LogP) is -0.0855. The number of carbonyl (C=O) groups is 1. The van der Waals surface area contributed by atoms with Gasteiger partial charge in [0, 0.05) is 20.1 Å². The molecule has 0 radical (unpaired) electrons. The van der Waals surface area contributed by atoms with Crippen LogP contribution in [0.5, 0.6) is 0 Å². The topological polar surface area (TPSA) is 88.5 Å². The van der Waals surface area contributed by atoms with Crippen LogP contribution in [-0.4, -0.2) is 42.5 Å². The number of amides is 1. The fourth-order valence-corrected chi connectivity index (χ4v) is 1.83. The molecular weight excluding hydrogens is 218 g/mol. The normalized spacial score (nSPS) is 17.1. The Bertz CT molecular complexity index is 434. The minimum absolute atomic E-state index is 0.0969. The fraction of sp³-hybridized carbons (Fsp3) is 0.455. The number of nitrogen functional groups attached to an aromatic ring is 2. The van der Waals surface area contributed by atoms with Crippen LogP contribution in [0.3, 0.4) is 0 Å². The summed E-state index contributed by atoms with van der Waals surface area (Å²) in [4.78, 5) is 19.6. The third-order valence-electron chi connectivity index (χ3n) is 2.94. The van der Waals surface area contributed by atoms with Gasteiger partial charge in [-0.25, -0.2) is 4.98 Å². The highest BCUT2D eigenvalue weighted by Crippen LogP contribution is 2.19. The number of pyridine rings is 1. The number of hydrogen-bond acceptors (Lipinski definition) is 5. The minimum atomic E-state index is 0.0969. The largest absolute Gasteiger partial charge is 0.396 e. The number of carbonyl (C=O) groups excluding carboxylic acids is 1. The second-order valence-electron chi connectivity index (χ2n) is 4.23. The van der Waals surface area contributed by atoms with E-state index in [0.717, 1.165) is 19.5 Å². The van der Waals surface area contributed by atoms with E-state index in [4.69, 9.17) is 11.5 Å². The van der Waals surface area contributed by atoms with Gasteiger partial charge in [0.1, 0.15) is 11.6 Å². The molecule has 92 valence electrons. The fourth-order valence-electron chi connectivity index (χ4n) is 1.83. The Kier molecular flexibility index (Phi) is 3.03. The van der Waals surface area contributed by atoms with Crippen LogP contribution in [0.15, 0.2) is 12.1 Å². The predicted molar refractivity (Wildman–Crippen MR) is 67.5 cm³/mol. The van der Waals surface area contributed by atoms with Crippen LogP contribution >= 0.6 is 0 Å². The van der Waals surface area contributed by atoms with E-state index in [0.29, 0.717) is 23.9 Å². The average Bonchev–Trinajstić information content (AvgIpc) is 2.46. The Hall–Kier alpha value is -1.98. The summed E-state index contributed by atoms with van der Waals surface area (Å²) in [6.45, 7) is 1.92. The van der Waals surface area contributed by atoms with E-state index in [1.807, 2.05) is 11.9 Å². The first kappa shape index (κ1) is 11.5. The maximum atomic E-state index is 11.8. The van der Waals surface area contributed by atoms with Crippen molar-refractivity contribution in [3.63, 3.8) is 0 Å². The lowest BCUT2D eigenvalue weighted by atomic mass is 10.3. The molecule has 0 saturated carbocycles. The molecule has 0 atom stereocenters. The highest BCUT2D eigenvalue weighted by molar-refractivity contribution is 5.81. The summed E-state index contributed by atoms with van der Waals surface area (Å²) in [5.41, 5.74) is 11.8. The molecule has 2 rings (SSSR count). The first-order chi connectivity index (χ1) is 8.08. The number of aromatic nitrogens is 1. The number of rotatable bonds is 1. The summed E-state index contributed by atoms with van der Waals surface area (Å²) in [6, 6.07) is 3.51. The van der Waals surface area contributed by atoms with E-state index in [2.05, 4.69) is 4.98 Å². The van der Waals surface area contributed by atoms with Gasteiger partial charge in [0.15, 0.2) is 0 Å². The van der Waals surface area contributed by atoms with E-state index in [1.54, 1.807) is 17.0 Å². The van der Waals surface area contributed by atoms with Gasteiger partial charge >= 0.3 is 0 Å². The summed E-state index contributed by atoms with van der Waals surface area (Å²) in [5, 5.41) is 0. The second kappa shape index (κ2) is 4.48. The molecule has 6 heteroatoms. The molecule has 6 nitrogen and oxygen atoms in total. The van der Waals surface area contributed by atoms with Crippen molar-refractivity contribution in [2.45, 2.75) is 6.42 Å². The molecule has 1 aliphatic rings. The summed E-state index contributed by atoms with van der Waals surface area (Å²) in [6.07, 6.45) is 0.925. The van der Waals surface area contributed by atoms with E-state index in [1.165, 1.54) is 0 Å². The van der Waals surface area contributed by atoms with Gasteiger partial charge in [-0.3, -0.25) is 4.79 Å². The van der Waals surface area contributed by atoms with E-state index in [-0.39, 0.29) is 5.91 Å². The Morgan fingerprint density at radius 2 is 2.06 bits per heavy atom. The van der Waals surface area contributed by atoms with Gasteiger partial charge < -0.3 is 21.3 Å². The molecule has 1 aromatic heterocycles. The molecule has 0 aliphatic carbocycles. The zero-order valence-corrected chi connectivity index (χ0v) is 9.89. The molecule has 0 aromatic carbocycles. The minimum Gasteiger partial charge on any atom is -0.396 e. The van der Waals surface area contributed by atoms with Crippen molar-refractivity contribution in [1.82, 2.24) is 9.88 Å². The molecule has 1 aromatic rings. The van der Waals surface area contributed by atoms with E-state index in [9.17, 15) is 4.79 Å². The summed E-state index contributed by atoms with van der Waals surface area (Å²) >= 11 is 0. The zero-order chi connectivity index (χ0) is 12.4. The number of likely N-dealkylation sites (N-methyl/N-ethyl adjacent to an activating group) is 1. The van der Waals surface area contributed by atoms with Gasteiger partial charge in [0.2, 0.25) is 5.91 Å². The molecule has 1 saturated heterocycles. The van der Waals surface area contributed by atoms with Gasteiger partial charge in [0.05, 0.1) is 12.2 Å². The molecule has 2 heterocycles. The number of hydrogen-bond donors (Lipinski definition) is 2. The van der Waals surface area contributed by atoms with Crippen molar-refractivity contribution in [3.8, 4) is 0 Å². The van der Waals surface area contributed by atoms with Crippen LogP contribution in [0.25, 0.3) is 0 Å². The first-order valence-electron chi connectivity index (χ1n) is 5.59. The van der Waals surface area contributed by atoms with Crippen molar-refractivity contribution in [2.24, 2.45) is 0 Å². The molecule has 1 fully saturated rings. The van der Waals surface area contributed by atoms with Gasteiger partial charge in [0.25, 0.3) is 0 Å². The van der Waals surface area contributed by atoms with Crippen LogP contribution in [0.4, 0.5) is 17.3 Å². The average molecular weight is 235 g/mol. The Morgan fingerprint density at radius 1 is 1.29 bits per heavy atom. The molecule has 4 N–H and O–H groups in total. The van der Waals surface area contributed by atoms with Crippen LogP contribution in [0, 0.1) is 0 Å². The highest BCUT2D eigenvalue weighted by Gasteiger charge is 2.20. The van der Waals surface area contributed by atoms with Crippen LogP contribution < -0.4 is 16.4 Å². The van der Waals surface area contributed by atoms with Crippen molar-refractivity contribution in [2.75, 3.05) is 43.0 Å². The lowest BCUT2D eigenvalue weighted by Crippen LogP contribution is -2.34. The monoisotopic (exact) mass is 235 g/mol. The quantitative estimate of drug-likeness (QED) is 0.710. The summed E-state index contributed by atoms with van der Waals surface area (Å²) in [5.74, 6) is 1.12. The third-order valence-corrected chi connectivity index (χ3v) is 2.94. The SMILES string of the molecule is CN1CCCN(c2ccc(N)c(N)n2)CC1=O. The molecule has 0 bridgehead atoms. The van der Waals surface area contributed by atoms with Gasteiger partial charge in [-0.05, 0) is 18.6 Å². The van der Waals surface area contributed by atoms with Gasteiger partial charge in [-0.1, -0.05) is 0 Å². The summed E-state index contributed by atoms with van der Waals surface area (Å²) < 4.78 is 0. The van der Waals surface area contributed by atoms with Crippen LogP contribution in [0.2, 0.25) is 0 Å². The van der Waals surface area contributed by atoms with Crippen LogP contribution in [-0.2, 0) is 4.79 Å². The van der Waals surface area contributed by atoms with E-state index >= 15 is 0 Å². The molecule has 0 unspecified atom stereocenters. The number of anilines is 3. The summed E-state index contributed by atoms with van der Waals surface area (Å²) in [7, 11) is 1.82. The molecule has 17 heavy (non-hydrogen) atoms. The smallest absolute Gasteiger partial charge is 0.241 e. The maximum Gasteiger partial charge on any atom is 0.241 e. The maximum absolute atomic E-state index is 11.8. The third kappa shape index (κ3) is 2.41. The lowest BCUT2D eigenvalue weighted by Gasteiger charge is -2.21. The van der Waals surface area contributed by atoms with Gasteiger partial charge in [-0.2, -0.15) is 0 Å². The van der Waals surface area contributed by atoms with Crippen molar-refractivity contribution >= 4 is 23.2 Å². The van der Waals surface area contributed by atoms with E-state index < -0.39 is 0 Å². The molecule has 0 spiro atoms. The highest BCUT2D eigenvalue weighted by atomic mass is 16.2. The standard InChI is InChI=1S/C11H17N5O/c1-15-5-2-6-16(7-10(15)17)9-4-3-8(12)11(13)14-9/h3-4H,2,5-7,12H2,1H3,(H2,13,14). The lowest BCUT2D eigenvalue weighted by molar-refractivity contribution is -0.127. The van der Waals surface area contributed by atoms with Crippen molar-refractivity contribution in [3.05, 3.63) is 12.1 Å². The Labute approximate surface area is 100 Å². The molecule has 1 aliphatic heterocycles. The molecular formula is C11H17N5O.